The molecule has 2 aliphatic rings. The van der Waals surface area contributed by atoms with Crippen molar-refractivity contribution in [2.45, 2.75) is 0 Å². The second-order valence-electron chi connectivity index (χ2n) is 3.59. The van der Waals surface area contributed by atoms with Gasteiger partial charge in [0.15, 0.2) is 6.29 Å². The van der Waals surface area contributed by atoms with Gasteiger partial charge in [-0.1, -0.05) is 18.2 Å². The van der Waals surface area contributed by atoms with E-state index >= 15 is 0 Å². The largest absolute Gasteiger partial charge is 0.428 e. The molecule has 0 unspecified atom stereocenters. The predicted molar refractivity (Wildman–Crippen MR) is 58.9 cm³/mol. The zero-order valence-corrected chi connectivity index (χ0v) is 8.29. The highest BCUT2D eigenvalue weighted by molar-refractivity contribution is 5.98. The number of nitrogens with zero attached hydrogens (tertiary/aromatic N) is 2. The van der Waals surface area contributed by atoms with Crippen LogP contribution in [0.4, 0.5) is 0 Å². The molecule has 0 amide bonds. The average Bonchev–Trinajstić information content (AvgIpc) is 2.65. The van der Waals surface area contributed by atoms with Crippen LogP contribution in [0, 0.1) is 0 Å². The zero-order valence-electron chi connectivity index (χ0n) is 8.29. The molecular formula is C12H8N2O2. The molecule has 0 saturated heterocycles. The molecule has 3 rings (SSSR count). The quantitative estimate of drug-likeness (QED) is 0.497. The maximum Gasteiger partial charge on any atom is 0.169 e. The Bertz CT molecular complexity index is 657. The van der Waals surface area contributed by atoms with Gasteiger partial charge < -0.3 is 5.21 Å². The minimum atomic E-state index is 0.214. The standard InChI is InChI=1S/C12H8N2O2/c15-7-8-5-10-9-3-1-2-4-11(9)13-12(10)6-14(8)16/h1-7,16H. The van der Waals surface area contributed by atoms with Crippen LogP contribution in [0.1, 0.15) is 10.5 Å². The van der Waals surface area contributed by atoms with Crippen molar-refractivity contribution in [3.05, 3.63) is 42.2 Å². The molecule has 0 bridgehead atoms. The lowest BCUT2D eigenvalue weighted by Gasteiger charge is -2.04. The number of aldehydes is 1. The van der Waals surface area contributed by atoms with Gasteiger partial charge in [-0.2, -0.15) is 4.73 Å². The highest BCUT2D eigenvalue weighted by Crippen LogP contribution is 2.30. The van der Waals surface area contributed by atoms with Crippen LogP contribution in [-0.2, 0) is 0 Å². The first-order chi connectivity index (χ1) is 7.79. The topological polar surface area (TPSA) is 55.1 Å². The molecule has 0 radical (unpaired) electrons. The van der Waals surface area contributed by atoms with Crippen molar-refractivity contribution in [2.24, 2.45) is 0 Å². The summed E-state index contributed by atoms with van der Waals surface area (Å²) in [5, 5.41) is 10.5. The van der Waals surface area contributed by atoms with Crippen molar-refractivity contribution >= 4 is 17.2 Å². The molecule has 78 valence electrons. The molecule has 16 heavy (non-hydrogen) atoms. The van der Waals surface area contributed by atoms with E-state index in [1.165, 1.54) is 6.20 Å². The van der Waals surface area contributed by atoms with Gasteiger partial charge in [0.25, 0.3) is 0 Å². The third-order valence-electron chi connectivity index (χ3n) is 2.63. The van der Waals surface area contributed by atoms with E-state index in [1.54, 1.807) is 6.07 Å². The van der Waals surface area contributed by atoms with E-state index in [9.17, 15) is 10.0 Å². The molecule has 4 heteroatoms. The summed E-state index contributed by atoms with van der Waals surface area (Å²) in [6, 6.07) is 9.31. The van der Waals surface area contributed by atoms with Gasteiger partial charge in [0.2, 0.25) is 0 Å². The second-order valence-corrected chi connectivity index (χ2v) is 3.59. The third-order valence-corrected chi connectivity index (χ3v) is 2.63. The second kappa shape index (κ2) is 3.06. The minimum Gasteiger partial charge on any atom is -0.428 e. The molecule has 2 aliphatic heterocycles. The van der Waals surface area contributed by atoms with Crippen molar-refractivity contribution < 1.29 is 10.0 Å². The summed E-state index contributed by atoms with van der Waals surface area (Å²) in [5.41, 5.74) is 2.63. The van der Waals surface area contributed by atoms with Gasteiger partial charge in [-0.25, -0.2) is 4.98 Å². The van der Waals surface area contributed by atoms with E-state index in [1.807, 2.05) is 24.3 Å². The summed E-state index contributed by atoms with van der Waals surface area (Å²) in [5.74, 6) is 0. The molecule has 0 saturated carbocycles. The van der Waals surface area contributed by atoms with Crippen molar-refractivity contribution in [1.82, 2.24) is 9.71 Å². The van der Waals surface area contributed by atoms with Crippen LogP contribution in [0.5, 0.6) is 0 Å². The van der Waals surface area contributed by atoms with E-state index in [4.69, 9.17) is 0 Å². The molecule has 1 N–H and O–H groups in total. The van der Waals surface area contributed by atoms with Crippen LogP contribution in [-0.4, -0.2) is 21.2 Å². The number of para-hydroxylation sites is 1. The molecule has 0 atom stereocenters. The van der Waals surface area contributed by atoms with Crippen LogP contribution >= 0.6 is 0 Å². The summed E-state index contributed by atoms with van der Waals surface area (Å²) in [7, 11) is 0. The fraction of sp³-hybridized carbons (Fsp3) is 0. The molecule has 1 aromatic rings. The Labute approximate surface area is 91.1 Å². The summed E-state index contributed by atoms with van der Waals surface area (Å²) < 4.78 is 0.793. The maximum atomic E-state index is 10.7. The van der Waals surface area contributed by atoms with E-state index in [0.717, 1.165) is 21.2 Å². The van der Waals surface area contributed by atoms with E-state index < -0.39 is 0 Å². The van der Waals surface area contributed by atoms with Gasteiger partial charge in [-0.15, -0.1) is 0 Å². The Morgan fingerprint density at radius 3 is 2.94 bits per heavy atom. The highest BCUT2D eigenvalue weighted by atomic mass is 16.5. The van der Waals surface area contributed by atoms with Gasteiger partial charge in [0.05, 0.1) is 17.4 Å². The number of fused-ring (bicyclic) bond motifs is 3. The molecule has 0 aliphatic carbocycles. The highest BCUT2D eigenvalue weighted by Gasteiger charge is 2.13. The van der Waals surface area contributed by atoms with Gasteiger partial charge in [-0.3, -0.25) is 4.79 Å². The zero-order chi connectivity index (χ0) is 11.1. The normalized spacial score (nSPS) is 11.0. The molecule has 4 nitrogen and oxygen atoms in total. The van der Waals surface area contributed by atoms with Crippen molar-refractivity contribution in [3.63, 3.8) is 0 Å². The summed E-state index contributed by atoms with van der Waals surface area (Å²) in [6.07, 6.45) is 2.06. The first kappa shape index (κ1) is 8.91. The molecule has 0 fully saturated rings. The van der Waals surface area contributed by atoms with Gasteiger partial charge in [-0.05, 0) is 12.1 Å². The van der Waals surface area contributed by atoms with E-state index in [2.05, 4.69) is 4.98 Å². The Balaban J connectivity index is 2.47. The molecule has 2 heterocycles. The van der Waals surface area contributed by atoms with Crippen LogP contribution in [0.15, 0.2) is 36.5 Å². The predicted octanol–water partition coefficient (Wildman–Crippen LogP) is 2.19. The summed E-state index contributed by atoms with van der Waals surface area (Å²) >= 11 is 0. The van der Waals surface area contributed by atoms with Crippen LogP contribution in [0.2, 0.25) is 0 Å². The van der Waals surface area contributed by atoms with Gasteiger partial charge >= 0.3 is 0 Å². The van der Waals surface area contributed by atoms with Crippen molar-refractivity contribution in [2.75, 3.05) is 0 Å². The summed E-state index contributed by atoms with van der Waals surface area (Å²) in [6.45, 7) is 0. The first-order valence-electron chi connectivity index (χ1n) is 4.85. The van der Waals surface area contributed by atoms with Gasteiger partial charge in [0, 0.05) is 10.9 Å². The number of rotatable bonds is 1. The maximum absolute atomic E-state index is 10.7. The van der Waals surface area contributed by atoms with Crippen LogP contribution < -0.4 is 0 Å². The fourth-order valence-corrected chi connectivity index (χ4v) is 1.87. The molecule has 0 aromatic heterocycles. The van der Waals surface area contributed by atoms with Crippen molar-refractivity contribution in [3.8, 4) is 11.3 Å². The lowest BCUT2D eigenvalue weighted by molar-refractivity contribution is 0.107. The Morgan fingerprint density at radius 1 is 1.31 bits per heavy atom. The smallest absolute Gasteiger partial charge is 0.169 e. The number of hydrogen-bond acceptors (Lipinski definition) is 3. The Hall–Kier alpha value is -2.36. The monoisotopic (exact) mass is 212 g/mol. The lowest BCUT2D eigenvalue weighted by atomic mass is 10.1. The van der Waals surface area contributed by atoms with E-state index in [-0.39, 0.29) is 5.69 Å². The SMILES string of the molecule is O=Cc1cc2c3ccccc3nc-2cn1O. The number of carbonyl (C=O) groups is 1. The lowest BCUT2D eigenvalue weighted by Crippen LogP contribution is -2.01. The number of benzene rings is 1. The van der Waals surface area contributed by atoms with E-state index in [0.29, 0.717) is 12.0 Å². The number of carbonyl (C=O) groups excluding carboxylic acids is 1. The Kier molecular flexibility index (Phi) is 1.71. The number of hydrogen-bond donors (Lipinski definition) is 1. The molecule has 1 aromatic carbocycles. The molecule has 0 spiro atoms. The average molecular weight is 212 g/mol. The fourth-order valence-electron chi connectivity index (χ4n) is 1.87. The summed E-state index contributed by atoms with van der Waals surface area (Å²) in [4.78, 5) is 15.1. The Morgan fingerprint density at radius 2 is 2.12 bits per heavy atom. The first-order valence-corrected chi connectivity index (χ1v) is 4.85. The number of aromatic nitrogens is 2. The van der Waals surface area contributed by atoms with Crippen LogP contribution in [0.3, 0.4) is 0 Å². The molecular weight excluding hydrogens is 204 g/mol. The van der Waals surface area contributed by atoms with Crippen molar-refractivity contribution in [1.29, 1.82) is 0 Å². The minimum absolute atomic E-state index is 0.214. The van der Waals surface area contributed by atoms with Gasteiger partial charge in [0.1, 0.15) is 5.69 Å². The third kappa shape index (κ3) is 1.10. The van der Waals surface area contributed by atoms with Crippen LogP contribution in [0.25, 0.3) is 22.2 Å². The number of pyridine rings is 1.